The third-order valence-electron chi connectivity index (χ3n) is 9.02. The molecule has 0 N–H and O–H groups in total. The van der Waals surface area contributed by atoms with Crippen LogP contribution in [0.1, 0.15) is 55.8 Å². The summed E-state index contributed by atoms with van der Waals surface area (Å²) in [5, 5.41) is 3.23. The van der Waals surface area contributed by atoms with Crippen molar-refractivity contribution in [2.24, 2.45) is 11.8 Å². The minimum atomic E-state index is -1.67. The molecule has 0 bridgehead atoms. The normalized spacial score (nSPS) is 13.9. The van der Waals surface area contributed by atoms with Crippen molar-refractivity contribution >= 4 is 35.2 Å². The first-order valence-corrected chi connectivity index (χ1v) is 21.0. The van der Waals surface area contributed by atoms with Gasteiger partial charge in [0.15, 0.2) is 0 Å². The predicted octanol–water partition coefficient (Wildman–Crippen LogP) is 12.2. The van der Waals surface area contributed by atoms with E-state index in [1.165, 1.54) is 0 Å². The number of hydrogen-bond donors (Lipinski definition) is 0. The van der Waals surface area contributed by atoms with Gasteiger partial charge in [-0.15, -0.1) is 54.1 Å². The van der Waals surface area contributed by atoms with Gasteiger partial charge >= 0.3 is 0 Å². The van der Waals surface area contributed by atoms with Crippen molar-refractivity contribution in [1.29, 1.82) is 0 Å². The number of benzene rings is 4. The average molecular weight is 868 g/mol. The Balaban J connectivity index is 0.000000217. The molecule has 1 unspecified atom stereocenters. The van der Waals surface area contributed by atoms with Crippen molar-refractivity contribution in [2.45, 2.75) is 66.5 Å². The molecule has 0 saturated heterocycles. The molecule has 0 spiro atoms. The zero-order valence-electron chi connectivity index (χ0n) is 33.8. The SMILES string of the molecule is [2H]C(C)(c1ccnc(-c2[c-]ccc3c2oc2cc(-c4ccccc4)ccc23)c1)C(C)C.[2H]C([2H])(c1cc(-c2[c-]cccc2)ncc1[Si](C)(C)C)C(C)C.[Ir]. The maximum absolute atomic E-state index is 8.78. The summed E-state index contributed by atoms with van der Waals surface area (Å²) in [5.41, 5.74) is 8.97. The topological polar surface area (TPSA) is 38.9 Å². The first kappa shape index (κ1) is 34.0. The van der Waals surface area contributed by atoms with E-state index in [2.05, 4.69) is 85.9 Å². The van der Waals surface area contributed by atoms with E-state index in [0.29, 0.717) is 0 Å². The number of furan rings is 1. The molecule has 0 aliphatic carbocycles. The van der Waals surface area contributed by atoms with Gasteiger partial charge in [0.25, 0.3) is 0 Å². The molecule has 7 aromatic rings. The molecular weight excluding hydrogens is 817 g/mol. The molecule has 1 radical (unpaired) electrons. The molecule has 1 atom stereocenters. The fraction of sp³-hybridized carbons (Fsp3) is 0.261. The van der Waals surface area contributed by atoms with Gasteiger partial charge in [-0.2, -0.15) is 0 Å². The van der Waals surface area contributed by atoms with E-state index in [1.54, 1.807) is 6.20 Å². The third kappa shape index (κ3) is 8.84. The molecule has 5 heteroatoms. The van der Waals surface area contributed by atoms with Crippen molar-refractivity contribution in [3.8, 4) is 33.6 Å². The predicted molar refractivity (Wildman–Crippen MR) is 215 cm³/mol. The van der Waals surface area contributed by atoms with Gasteiger partial charge in [0, 0.05) is 42.0 Å². The fourth-order valence-electron chi connectivity index (χ4n) is 6.07. The maximum Gasteiger partial charge on any atom is 0.121 e. The standard InChI is InChI=1S/C28H24NO.C18H24NSi.Ir/c1-18(2)19(3)21-14-15-29-26(16-21)25-11-7-10-24-23-13-12-22(17-27(23)30-28(24)25)20-8-5-4-6-9-20;1-14(2)11-16-12-17(15-9-7-6-8-10-15)19-13-18(16)20(3,4)5;/h4-10,12-19H,1-3H3;6-9,12-14H,11H2,1-5H3;/q2*-1;/i19D;11D2;. The Labute approximate surface area is 323 Å². The molecule has 263 valence electrons. The number of rotatable bonds is 8. The quantitative estimate of drug-likeness (QED) is 0.113. The molecule has 0 fully saturated rings. The molecule has 3 nitrogen and oxygen atoms in total. The Morgan fingerprint density at radius 2 is 1.53 bits per heavy atom. The van der Waals surface area contributed by atoms with E-state index in [4.69, 9.17) is 8.53 Å². The van der Waals surface area contributed by atoms with E-state index in [1.807, 2.05) is 99.8 Å². The molecule has 3 heterocycles. The number of hydrogen-bond acceptors (Lipinski definition) is 3. The van der Waals surface area contributed by atoms with Crippen LogP contribution in [-0.2, 0) is 26.5 Å². The second-order valence-electron chi connectivity index (χ2n) is 14.5. The summed E-state index contributed by atoms with van der Waals surface area (Å²) >= 11 is 0. The summed E-state index contributed by atoms with van der Waals surface area (Å²) in [7, 11) is -1.67. The summed E-state index contributed by atoms with van der Waals surface area (Å²) in [6.45, 7) is 16.7. The number of aromatic nitrogens is 2. The number of fused-ring (bicyclic) bond motifs is 3. The van der Waals surface area contributed by atoms with Crippen LogP contribution < -0.4 is 5.19 Å². The molecule has 51 heavy (non-hydrogen) atoms. The van der Waals surface area contributed by atoms with Crippen LogP contribution in [0, 0.1) is 24.0 Å². The van der Waals surface area contributed by atoms with E-state index in [-0.39, 0.29) is 31.9 Å². The maximum atomic E-state index is 8.78. The van der Waals surface area contributed by atoms with Crippen LogP contribution in [0.2, 0.25) is 19.6 Å². The van der Waals surface area contributed by atoms with Crippen LogP contribution in [0.25, 0.3) is 55.6 Å². The molecule has 0 aliphatic heterocycles. The van der Waals surface area contributed by atoms with E-state index < -0.39 is 20.3 Å². The second-order valence-corrected chi connectivity index (χ2v) is 19.5. The summed E-state index contributed by atoms with van der Waals surface area (Å²) in [6, 6.07) is 40.7. The largest absolute Gasteiger partial charge is 0.501 e. The van der Waals surface area contributed by atoms with Gasteiger partial charge in [-0.3, -0.25) is 0 Å². The summed E-state index contributed by atoms with van der Waals surface area (Å²) in [6.07, 6.45) is 2.31. The van der Waals surface area contributed by atoms with Gasteiger partial charge < -0.3 is 14.4 Å². The molecule has 3 aromatic heterocycles. The van der Waals surface area contributed by atoms with Crippen molar-refractivity contribution in [3.63, 3.8) is 0 Å². The minimum Gasteiger partial charge on any atom is -0.501 e. The van der Waals surface area contributed by atoms with Crippen molar-refractivity contribution in [3.05, 3.63) is 139 Å². The number of nitrogens with zero attached hydrogens (tertiary/aromatic N) is 2. The first-order valence-electron chi connectivity index (χ1n) is 19.0. The molecule has 0 amide bonds. The van der Waals surface area contributed by atoms with Gasteiger partial charge in [-0.05, 0) is 63.9 Å². The minimum absolute atomic E-state index is 0. The second kappa shape index (κ2) is 16.5. The Kier molecular flexibility index (Phi) is 11.0. The van der Waals surface area contributed by atoms with Gasteiger partial charge in [-0.25, -0.2) is 0 Å². The van der Waals surface area contributed by atoms with Crippen molar-refractivity contribution < 1.29 is 28.6 Å². The molecular formula is C46H48IrN2OSi-2. The molecule has 0 aliphatic rings. The Morgan fingerprint density at radius 1 is 0.765 bits per heavy atom. The van der Waals surface area contributed by atoms with Gasteiger partial charge in [0.1, 0.15) is 5.58 Å². The van der Waals surface area contributed by atoms with E-state index >= 15 is 0 Å². The van der Waals surface area contributed by atoms with Gasteiger partial charge in [0.05, 0.1) is 13.7 Å². The van der Waals surface area contributed by atoms with Crippen LogP contribution in [0.3, 0.4) is 0 Å². The Bertz CT molecular complexity index is 2350. The van der Waals surface area contributed by atoms with E-state index in [9.17, 15) is 0 Å². The van der Waals surface area contributed by atoms with Crippen LogP contribution >= 0.6 is 0 Å². The fourth-order valence-corrected chi connectivity index (χ4v) is 7.48. The first-order chi connectivity index (χ1) is 25.1. The Morgan fingerprint density at radius 3 is 2.22 bits per heavy atom. The van der Waals surface area contributed by atoms with Crippen molar-refractivity contribution in [2.75, 3.05) is 0 Å². The zero-order chi connectivity index (χ0) is 38.1. The molecule has 7 rings (SSSR count). The third-order valence-corrected chi connectivity index (χ3v) is 11.0. The van der Waals surface area contributed by atoms with Gasteiger partial charge in [-0.1, -0.05) is 131 Å². The Hall–Kier alpha value is -4.15. The van der Waals surface area contributed by atoms with Gasteiger partial charge in [0.2, 0.25) is 0 Å². The van der Waals surface area contributed by atoms with Crippen LogP contribution in [0.5, 0.6) is 0 Å². The van der Waals surface area contributed by atoms with Crippen molar-refractivity contribution in [1.82, 2.24) is 9.97 Å². The van der Waals surface area contributed by atoms with Crippen LogP contribution in [0.4, 0.5) is 0 Å². The number of pyridine rings is 2. The molecule has 0 saturated carbocycles. The van der Waals surface area contributed by atoms with Crippen LogP contribution in [-0.4, -0.2) is 18.0 Å². The van der Waals surface area contributed by atoms with Crippen LogP contribution in [0.15, 0.2) is 120 Å². The monoisotopic (exact) mass is 868 g/mol. The summed E-state index contributed by atoms with van der Waals surface area (Å²) in [5.74, 6) is -0.591. The van der Waals surface area contributed by atoms with E-state index in [0.717, 1.165) is 71.9 Å². The average Bonchev–Trinajstić information content (AvgIpc) is 3.53. The smallest absolute Gasteiger partial charge is 0.121 e. The summed E-state index contributed by atoms with van der Waals surface area (Å²) < 4.78 is 32.2. The molecule has 4 aromatic carbocycles. The zero-order valence-corrected chi connectivity index (χ0v) is 34.2. The summed E-state index contributed by atoms with van der Waals surface area (Å²) in [4.78, 5) is 9.18.